The predicted octanol–water partition coefficient (Wildman–Crippen LogP) is 3.96. The van der Waals surface area contributed by atoms with Gasteiger partial charge in [-0.2, -0.15) is 0 Å². The van der Waals surface area contributed by atoms with Crippen molar-refractivity contribution in [2.45, 2.75) is 71.1 Å². The monoisotopic (exact) mass is 266 g/mol. The van der Waals surface area contributed by atoms with Gasteiger partial charge in [0.05, 0.1) is 13.0 Å². The van der Waals surface area contributed by atoms with Crippen molar-refractivity contribution < 1.29 is 14.3 Å². The zero-order valence-corrected chi connectivity index (χ0v) is 12.1. The van der Waals surface area contributed by atoms with Crippen molar-refractivity contribution in [3.8, 4) is 0 Å². The Morgan fingerprint density at radius 1 is 1.00 bits per heavy atom. The van der Waals surface area contributed by atoms with Gasteiger partial charge in [-0.15, -0.1) is 0 Å². The molecule has 1 aliphatic rings. The molecule has 1 rings (SSSR count). The van der Waals surface area contributed by atoms with Gasteiger partial charge >= 0.3 is 0 Å². The Morgan fingerprint density at radius 2 is 1.63 bits per heavy atom. The van der Waals surface area contributed by atoms with Gasteiger partial charge in [-0.1, -0.05) is 51.9 Å². The Kier molecular flexibility index (Phi) is 8.19. The van der Waals surface area contributed by atoms with Crippen LogP contribution in [0.15, 0.2) is 11.8 Å². The molecule has 0 atom stereocenters. The van der Waals surface area contributed by atoms with Crippen LogP contribution >= 0.6 is 0 Å². The molecule has 0 fully saturated rings. The molecule has 108 valence electrons. The highest BCUT2D eigenvalue weighted by Gasteiger charge is 2.20. The average molecular weight is 266 g/mol. The van der Waals surface area contributed by atoms with Crippen LogP contribution in [0.1, 0.15) is 71.1 Å². The van der Waals surface area contributed by atoms with Gasteiger partial charge in [0.25, 0.3) is 0 Å². The smallest absolute Gasteiger partial charge is 0.204 e. The number of carbonyl (C=O) groups is 2. The second-order valence-corrected chi connectivity index (χ2v) is 5.23. The Bertz CT molecular complexity index is 318. The molecule has 19 heavy (non-hydrogen) atoms. The molecule has 0 unspecified atom stereocenters. The molecule has 0 aromatic rings. The zero-order valence-electron chi connectivity index (χ0n) is 12.1. The molecule has 3 heteroatoms. The number of allylic oxidation sites excluding steroid dienone is 2. The lowest BCUT2D eigenvalue weighted by Gasteiger charge is -2.12. The van der Waals surface area contributed by atoms with E-state index < -0.39 is 0 Å². The molecular weight excluding hydrogens is 240 g/mol. The molecule has 0 bridgehead atoms. The van der Waals surface area contributed by atoms with Crippen LogP contribution in [0.3, 0.4) is 0 Å². The van der Waals surface area contributed by atoms with Crippen molar-refractivity contribution in [2.75, 3.05) is 6.61 Å². The number of unbranched alkanes of at least 4 members (excludes halogenated alkanes) is 7. The number of rotatable bonds is 10. The number of ketones is 2. The normalized spacial score (nSPS) is 15.5. The molecule has 0 radical (unpaired) electrons. The highest BCUT2D eigenvalue weighted by atomic mass is 16.5. The van der Waals surface area contributed by atoms with Crippen LogP contribution in [0.25, 0.3) is 0 Å². The molecule has 3 nitrogen and oxygen atoms in total. The summed E-state index contributed by atoms with van der Waals surface area (Å²) < 4.78 is 5.45. The van der Waals surface area contributed by atoms with Crippen LogP contribution < -0.4 is 0 Å². The van der Waals surface area contributed by atoms with Gasteiger partial charge < -0.3 is 4.74 Å². The van der Waals surface area contributed by atoms with E-state index in [9.17, 15) is 9.59 Å². The van der Waals surface area contributed by atoms with Crippen LogP contribution in [0, 0.1) is 0 Å². The third-order valence-electron chi connectivity index (χ3n) is 3.40. The summed E-state index contributed by atoms with van der Waals surface area (Å²) in [6, 6.07) is 0. The summed E-state index contributed by atoms with van der Waals surface area (Å²) in [5.41, 5.74) is 0. The van der Waals surface area contributed by atoms with E-state index in [1.54, 1.807) is 6.08 Å². The second kappa shape index (κ2) is 9.76. The summed E-state index contributed by atoms with van der Waals surface area (Å²) in [7, 11) is 0. The summed E-state index contributed by atoms with van der Waals surface area (Å²) in [5.74, 6) is 0.239. The van der Waals surface area contributed by atoms with E-state index >= 15 is 0 Å². The number of hydrogen-bond donors (Lipinski definition) is 0. The first-order valence-electron chi connectivity index (χ1n) is 7.62. The molecular formula is C16H26O3. The van der Waals surface area contributed by atoms with Gasteiger partial charge in [0.15, 0.2) is 5.76 Å². The van der Waals surface area contributed by atoms with Gasteiger partial charge in [0.1, 0.15) is 5.78 Å². The summed E-state index contributed by atoms with van der Waals surface area (Å²) in [4.78, 5) is 22.5. The van der Waals surface area contributed by atoms with E-state index in [0.29, 0.717) is 18.8 Å². The summed E-state index contributed by atoms with van der Waals surface area (Å²) >= 11 is 0. The maximum atomic E-state index is 11.5. The van der Waals surface area contributed by atoms with Crippen LogP contribution in [0.4, 0.5) is 0 Å². The molecule has 0 aromatic heterocycles. The number of Topliss-reactive ketones (excluding diaryl/α,β-unsaturated/α-hetero) is 2. The standard InChI is InChI=1S/C16H26O3/c1-2-3-4-5-6-7-8-9-12-19-16-11-10-14(17)13-15(16)18/h11H,2-10,12-13H2,1H3. The molecule has 0 spiro atoms. The van der Waals surface area contributed by atoms with Gasteiger partial charge in [0.2, 0.25) is 5.78 Å². The Morgan fingerprint density at radius 3 is 2.26 bits per heavy atom. The Labute approximate surface area is 116 Å². The van der Waals surface area contributed by atoms with Crippen LogP contribution in [-0.4, -0.2) is 18.2 Å². The van der Waals surface area contributed by atoms with Crippen LogP contribution in [0.2, 0.25) is 0 Å². The first kappa shape index (κ1) is 15.9. The van der Waals surface area contributed by atoms with Crippen molar-refractivity contribution in [2.24, 2.45) is 0 Å². The first-order chi connectivity index (χ1) is 9.24. The maximum Gasteiger partial charge on any atom is 0.204 e. The van der Waals surface area contributed by atoms with Gasteiger partial charge in [-0.05, 0) is 12.5 Å². The minimum absolute atomic E-state index is 0.00979. The number of hydrogen-bond acceptors (Lipinski definition) is 3. The number of ether oxygens (including phenoxy) is 1. The van der Waals surface area contributed by atoms with E-state index in [0.717, 1.165) is 12.8 Å². The van der Waals surface area contributed by atoms with Crippen LogP contribution in [0.5, 0.6) is 0 Å². The average Bonchev–Trinajstić information content (AvgIpc) is 2.39. The highest BCUT2D eigenvalue weighted by molar-refractivity contribution is 6.09. The Hall–Kier alpha value is -1.12. The predicted molar refractivity (Wildman–Crippen MR) is 75.9 cm³/mol. The first-order valence-corrected chi connectivity index (χ1v) is 7.62. The lowest BCUT2D eigenvalue weighted by atomic mass is 10.0. The van der Waals surface area contributed by atoms with Crippen molar-refractivity contribution in [3.05, 3.63) is 11.8 Å². The number of carbonyl (C=O) groups excluding carboxylic acids is 2. The van der Waals surface area contributed by atoms with E-state index in [-0.39, 0.29) is 18.0 Å². The van der Waals surface area contributed by atoms with Crippen molar-refractivity contribution in [1.82, 2.24) is 0 Å². The van der Waals surface area contributed by atoms with Gasteiger partial charge in [-0.3, -0.25) is 9.59 Å². The quantitative estimate of drug-likeness (QED) is 0.444. The minimum Gasteiger partial charge on any atom is -0.490 e. The lowest BCUT2D eigenvalue weighted by Crippen LogP contribution is -2.17. The van der Waals surface area contributed by atoms with Gasteiger partial charge in [0, 0.05) is 6.42 Å². The fourth-order valence-electron chi connectivity index (χ4n) is 2.22. The fraction of sp³-hybridized carbons (Fsp3) is 0.750. The third-order valence-corrected chi connectivity index (χ3v) is 3.40. The fourth-order valence-corrected chi connectivity index (χ4v) is 2.22. The summed E-state index contributed by atoms with van der Waals surface area (Å²) in [6.07, 6.45) is 12.0. The summed E-state index contributed by atoms with van der Waals surface area (Å²) in [5, 5.41) is 0. The molecule has 0 amide bonds. The molecule has 0 aromatic carbocycles. The topological polar surface area (TPSA) is 43.4 Å². The van der Waals surface area contributed by atoms with E-state index in [2.05, 4.69) is 6.92 Å². The zero-order chi connectivity index (χ0) is 13.9. The van der Waals surface area contributed by atoms with E-state index in [4.69, 9.17) is 4.74 Å². The lowest BCUT2D eigenvalue weighted by molar-refractivity contribution is -0.127. The van der Waals surface area contributed by atoms with E-state index in [1.165, 1.54) is 38.5 Å². The molecule has 1 aliphatic carbocycles. The molecule has 0 N–H and O–H groups in total. The minimum atomic E-state index is -0.157. The van der Waals surface area contributed by atoms with Crippen molar-refractivity contribution in [1.29, 1.82) is 0 Å². The second-order valence-electron chi connectivity index (χ2n) is 5.23. The summed E-state index contributed by atoms with van der Waals surface area (Å²) in [6.45, 7) is 2.83. The van der Waals surface area contributed by atoms with Crippen LogP contribution in [-0.2, 0) is 14.3 Å². The molecule has 0 heterocycles. The van der Waals surface area contributed by atoms with Crippen molar-refractivity contribution >= 4 is 11.6 Å². The van der Waals surface area contributed by atoms with Crippen molar-refractivity contribution in [3.63, 3.8) is 0 Å². The highest BCUT2D eigenvalue weighted by Crippen LogP contribution is 2.14. The molecule has 0 saturated heterocycles. The third kappa shape index (κ3) is 7.14. The van der Waals surface area contributed by atoms with Gasteiger partial charge in [-0.25, -0.2) is 0 Å². The van der Waals surface area contributed by atoms with E-state index in [1.807, 2.05) is 0 Å². The molecule has 0 aliphatic heterocycles. The SMILES string of the molecule is CCCCCCCCCCOC1=CCC(=O)CC1=O. The molecule has 0 saturated carbocycles. The largest absolute Gasteiger partial charge is 0.490 e. The maximum absolute atomic E-state index is 11.5. The Balaban J connectivity index is 1.96.